The fraction of sp³-hybridized carbons (Fsp3) is 0.875. The Morgan fingerprint density at radius 2 is 2.42 bits per heavy atom. The molecule has 1 saturated heterocycles. The van der Waals surface area contributed by atoms with E-state index in [0.717, 1.165) is 6.42 Å². The van der Waals surface area contributed by atoms with E-state index in [1.54, 1.807) is 0 Å². The molecule has 1 unspecified atom stereocenters. The summed E-state index contributed by atoms with van der Waals surface area (Å²) in [5.74, 6) is 0.153. The highest BCUT2D eigenvalue weighted by Crippen LogP contribution is 2.12. The van der Waals surface area contributed by atoms with Gasteiger partial charge in [0.15, 0.2) is 0 Å². The van der Waals surface area contributed by atoms with Crippen molar-refractivity contribution in [2.24, 2.45) is 0 Å². The van der Waals surface area contributed by atoms with Gasteiger partial charge >= 0.3 is 0 Å². The van der Waals surface area contributed by atoms with E-state index in [2.05, 4.69) is 16.4 Å². The minimum Gasteiger partial charge on any atom is -0.287 e. The summed E-state index contributed by atoms with van der Waals surface area (Å²) < 4.78 is 5.86. The Bertz CT molecular complexity index is 152. The largest absolute Gasteiger partial charge is 0.287 e. The van der Waals surface area contributed by atoms with Crippen molar-refractivity contribution in [3.05, 3.63) is 0 Å². The molecule has 0 aromatic rings. The predicted octanol–water partition coefficient (Wildman–Crippen LogP) is 1.61. The highest BCUT2D eigenvalue weighted by Gasteiger charge is 2.17. The molecule has 0 saturated carbocycles. The van der Waals surface area contributed by atoms with Crippen LogP contribution in [-0.2, 0) is 4.79 Å². The van der Waals surface area contributed by atoms with Gasteiger partial charge in [0.05, 0.1) is 0 Å². The van der Waals surface area contributed by atoms with Gasteiger partial charge in [0, 0.05) is 24.6 Å². The lowest BCUT2D eigenvalue weighted by Crippen LogP contribution is -2.38. The molecule has 4 heteroatoms. The van der Waals surface area contributed by atoms with Crippen LogP contribution in [0.5, 0.6) is 0 Å². The fourth-order valence-corrected chi connectivity index (χ4v) is 1.90. The molecule has 70 valence electrons. The summed E-state index contributed by atoms with van der Waals surface area (Å²) in [6.45, 7) is 2.19. The van der Waals surface area contributed by atoms with Crippen LogP contribution in [0.15, 0.2) is 0 Å². The van der Waals surface area contributed by atoms with Gasteiger partial charge in [0.1, 0.15) is 0 Å². The van der Waals surface area contributed by atoms with E-state index >= 15 is 0 Å². The molecule has 0 radical (unpaired) electrons. The zero-order chi connectivity index (χ0) is 8.81. The summed E-state index contributed by atoms with van der Waals surface area (Å²) in [6, 6.07) is 0.385. The Hall–Kier alpha value is -0.220. The molecular formula is C8H16N2OS. The number of rotatable bonds is 4. The van der Waals surface area contributed by atoms with Gasteiger partial charge < -0.3 is 0 Å². The van der Waals surface area contributed by atoms with E-state index in [1.165, 1.54) is 31.4 Å². The molecule has 1 aliphatic rings. The molecule has 1 amide bonds. The molecule has 0 spiro atoms. The van der Waals surface area contributed by atoms with Crippen LogP contribution in [-0.4, -0.2) is 11.9 Å². The first kappa shape index (κ1) is 9.86. The average Bonchev–Trinajstić information content (AvgIpc) is 2.05. The third kappa shape index (κ3) is 3.45. The van der Waals surface area contributed by atoms with Gasteiger partial charge in [0.2, 0.25) is 5.91 Å². The first-order chi connectivity index (χ1) is 5.83. The Morgan fingerprint density at radius 3 is 3.08 bits per heavy atom. The van der Waals surface area contributed by atoms with E-state index in [0.29, 0.717) is 12.5 Å². The average molecular weight is 188 g/mol. The van der Waals surface area contributed by atoms with Gasteiger partial charge in [-0.05, 0) is 6.42 Å². The zero-order valence-electron chi connectivity index (χ0n) is 7.43. The second-order valence-electron chi connectivity index (χ2n) is 3.14. The molecule has 1 rings (SSSR count). The molecular weight excluding hydrogens is 172 g/mol. The van der Waals surface area contributed by atoms with Gasteiger partial charge in [-0.2, -0.15) is 0 Å². The second kappa shape index (κ2) is 5.43. The Kier molecular flexibility index (Phi) is 4.46. The number of hydrogen-bond donors (Lipinski definition) is 2. The number of carbonyl (C=O) groups excluding carboxylic acids is 1. The van der Waals surface area contributed by atoms with Crippen molar-refractivity contribution in [3.8, 4) is 0 Å². The summed E-state index contributed by atoms with van der Waals surface area (Å²) in [5, 5.41) is 0. The van der Waals surface area contributed by atoms with Crippen LogP contribution in [0.25, 0.3) is 0 Å². The second-order valence-corrected chi connectivity index (χ2v) is 3.79. The SMILES string of the molecule is CCCCCC1CC(=O)NSN1. The van der Waals surface area contributed by atoms with Crippen molar-refractivity contribution in [2.75, 3.05) is 0 Å². The number of unbranched alkanes of at least 4 members (excludes halogenated alkanes) is 2. The van der Waals surface area contributed by atoms with Crippen molar-refractivity contribution in [1.29, 1.82) is 0 Å². The van der Waals surface area contributed by atoms with Crippen LogP contribution in [0.2, 0.25) is 0 Å². The van der Waals surface area contributed by atoms with Gasteiger partial charge in [-0.3, -0.25) is 9.52 Å². The fourth-order valence-electron chi connectivity index (χ4n) is 1.28. The van der Waals surface area contributed by atoms with Crippen molar-refractivity contribution >= 4 is 18.0 Å². The summed E-state index contributed by atoms with van der Waals surface area (Å²) in [6.07, 6.45) is 5.49. The van der Waals surface area contributed by atoms with Gasteiger partial charge in [-0.15, -0.1) is 0 Å². The van der Waals surface area contributed by atoms with E-state index in [1.807, 2.05) is 0 Å². The lowest BCUT2D eigenvalue weighted by molar-refractivity contribution is -0.120. The Morgan fingerprint density at radius 1 is 1.58 bits per heavy atom. The molecule has 0 aliphatic carbocycles. The van der Waals surface area contributed by atoms with Gasteiger partial charge in [0.25, 0.3) is 0 Å². The van der Waals surface area contributed by atoms with Gasteiger partial charge in [-0.25, -0.2) is 4.72 Å². The number of carbonyl (C=O) groups is 1. The van der Waals surface area contributed by atoms with Crippen LogP contribution in [0.4, 0.5) is 0 Å². The lowest BCUT2D eigenvalue weighted by atomic mass is 10.1. The summed E-state index contributed by atoms with van der Waals surface area (Å²) in [7, 11) is 0. The van der Waals surface area contributed by atoms with E-state index in [-0.39, 0.29) is 5.91 Å². The third-order valence-electron chi connectivity index (χ3n) is 1.98. The van der Waals surface area contributed by atoms with Crippen molar-refractivity contribution in [1.82, 2.24) is 9.44 Å². The maximum Gasteiger partial charge on any atom is 0.232 e. The minimum atomic E-state index is 0.153. The highest BCUT2D eigenvalue weighted by molar-refractivity contribution is 7.96. The molecule has 0 aromatic carbocycles. The van der Waals surface area contributed by atoms with Crippen LogP contribution >= 0.6 is 12.1 Å². The third-order valence-corrected chi connectivity index (χ3v) is 2.76. The number of hydrogen-bond acceptors (Lipinski definition) is 3. The van der Waals surface area contributed by atoms with Crippen molar-refractivity contribution in [3.63, 3.8) is 0 Å². The quantitative estimate of drug-likeness (QED) is 0.520. The van der Waals surface area contributed by atoms with Crippen molar-refractivity contribution < 1.29 is 4.79 Å². The normalized spacial score (nSPS) is 23.8. The smallest absolute Gasteiger partial charge is 0.232 e. The summed E-state index contributed by atoms with van der Waals surface area (Å²) in [4.78, 5) is 10.9. The van der Waals surface area contributed by atoms with Gasteiger partial charge in [-0.1, -0.05) is 26.2 Å². The van der Waals surface area contributed by atoms with Crippen LogP contribution in [0.1, 0.15) is 39.0 Å². The monoisotopic (exact) mass is 188 g/mol. The molecule has 1 fully saturated rings. The molecule has 1 aliphatic heterocycles. The van der Waals surface area contributed by atoms with Crippen LogP contribution < -0.4 is 9.44 Å². The summed E-state index contributed by atoms with van der Waals surface area (Å²) >= 11 is 1.32. The standard InChI is InChI=1S/C8H16N2OS/c1-2-3-4-5-7-6-8(11)10-12-9-7/h7,9H,2-6H2,1H3,(H,10,11). The maximum atomic E-state index is 10.9. The molecule has 2 N–H and O–H groups in total. The molecule has 0 aromatic heterocycles. The lowest BCUT2D eigenvalue weighted by Gasteiger charge is -2.21. The summed E-state index contributed by atoms with van der Waals surface area (Å²) in [5.41, 5.74) is 0. The Labute approximate surface area is 77.9 Å². The van der Waals surface area contributed by atoms with Crippen LogP contribution in [0.3, 0.4) is 0 Å². The topological polar surface area (TPSA) is 41.1 Å². The minimum absolute atomic E-state index is 0.153. The number of nitrogens with one attached hydrogen (secondary N) is 2. The van der Waals surface area contributed by atoms with E-state index in [9.17, 15) is 4.79 Å². The van der Waals surface area contributed by atoms with Crippen molar-refractivity contribution in [2.45, 2.75) is 45.1 Å². The maximum absolute atomic E-state index is 10.9. The molecule has 0 bridgehead atoms. The molecule has 1 atom stereocenters. The number of amides is 1. The molecule has 3 nitrogen and oxygen atoms in total. The highest BCUT2D eigenvalue weighted by atomic mass is 32.2. The molecule has 1 heterocycles. The Balaban J connectivity index is 2.10. The zero-order valence-corrected chi connectivity index (χ0v) is 8.25. The van der Waals surface area contributed by atoms with Crippen LogP contribution in [0, 0.1) is 0 Å². The van der Waals surface area contributed by atoms with E-state index < -0.39 is 0 Å². The first-order valence-electron chi connectivity index (χ1n) is 4.53. The van der Waals surface area contributed by atoms with E-state index in [4.69, 9.17) is 0 Å². The predicted molar refractivity (Wildman–Crippen MR) is 51.4 cm³/mol. The first-order valence-corrected chi connectivity index (χ1v) is 5.34. The molecule has 12 heavy (non-hydrogen) atoms.